The third kappa shape index (κ3) is 2.79. The highest BCUT2D eigenvalue weighted by atomic mass is 32.2. The van der Waals surface area contributed by atoms with Crippen molar-refractivity contribution in [2.45, 2.75) is 25.4 Å². The number of hydrogen-bond donors (Lipinski definition) is 2. The molecule has 0 spiro atoms. The van der Waals surface area contributed by atoms with Gasteiger partial charge in [-0.25, -0.2) is 0 Å². The molecule has 0 unspecified atom stereocenters. The Morgan fingerprint density at radius 2 is 1.95 bits per heavy atom. The van der Waals surface area contributed by atoms with Gasteiger partial charge in [-0.3, -0.25) is 9.40 Å². The summed E-state index contributed by atoms with van der Waals surface area (Å²) in [5.74, 6) is 0. The first-order valence-electron chi connectivity index (χ1n) is 6.62. The molecule has 1 aromatic heterocycles. The van der Waals surface area contributed by atoms with Crippen molar-refractivity contribution in [2.75, 3.05) is 18.4 Å². The van der Waals surface area contributed by atoms with E-state index in [0.29, 0.717) is 17.8 Å². The summed E-state index contributed by atoms with van der Waals surface area (Å²) in [6.07, 6.45) is 0. The lowest BCUT2D eigenvalue weighted by molar-refractivity contribution is 0.588. The second kappa shape index (κ2) is 5.87. The maximum Gasteiger partial charge on any atom is 0.283 e. The SMILES string of the molecule is CNCc1c(S(=O)(=O)N(C)c2ccccc2C)n[nH]c1C. The number of benzene rings is 1. The lowest BCUT2D eigenvalue weighted by atomic mass is 10.2. The molecule has 0 atom stereocenters. The van der Waals surface area contributed by atoms with Gasteiger partial charge in [-0.15, -0.1) is 0 Å². The standard InChI is InChI=1S/C14H20N4O2S/c1-10-7-5-6-8-13(10)18(4)21(19,20)14-12(9-15-3)11(2)16-17-14/h5-8,15H,9H2,1-4H3,(H,16,17). The fourth-order valence-electron chi connectivity index (χ4n) is 2.20. The van der Waals surface area contributed by atoms with Gasteiger partial charge in [-0.1, -0.05) is 18.2 Å². The molecule has 114 valence electrons. The normalized spacial score (nSPS) is 11.6. The van der Waals surface area contributed by atoms with Crippen LogP contribution < -0.4 is 9.62 Å². The molecule has 0 saturated heterocycles. The van der Waals surface area contributed by atoms with Gasteiger partial charge in [0.1, 0.15) is 0 Å². The average Bonchev–Trinajstić information content (AvgIpc) is 2.81. The molecule has 2 rings (SSSR count). The predicted molar refractivity (Wildman–Crippen MR) is 82.9 cm³/mol. The van der Waals surface area contributed by atoms with E-state index in [-0.39, 0.29) is 5.03 Å². The molecule has 2 aromatic rings. The second-order valence-corrected chi connectivity index (χ2v) is 6.81. The number of rotatable bonds is 5. The predicted octanol–water partition coefficient (Wildman–Crippen LogP) is 1.57. The Morgan fingerprint density at radius 1 is 1.29 bits per heavy atom. The Bertz CT molecular complexity index is 737. The molecular formula is C14H20N4O2S. The van der Waals surface area contributed by atoms with E-state index in [0.717, 1.165) is 11.3 Å². The van der Waals surface area contributed by atoms with Gasteiger partial charge in [0.2, 0.25) is 5.03 Å². The number of anilines is 1. The number of para-hydroxylation sites is 1. The maximum atomic E-state index is 12.8. The third-order valence-electron chi connectivity index (χ3n) is 3.45. The Kier molecular flexibility index (Phi) is 4.34. The Labute approximate surface area is 125 Å². The molecule has 21 heavy (non-hydrogen) atoms. The van der Waals surface area contributed by atoms with Crippen molar-refractivity contribution in [3.05, 3.63) is 41.1 Å². The first-order chi connectivity index (χ1) is 9.89. The molecule has 0 aliphatic heterocycles. The van der Waals surface area contributed by atoms with Crippen molar-refractivity contribution in [3.8, 4) is 0 Å². The van der Waals surface area contributed by atoms with Gasteiger partial charge in [-0.2, -0.15) is 13.5 Å². The number of nitrogens with one attached hydrogen (secondary N) is 2. The van der Waals surface area contributed by atoms with Crippen LogP contribution in [0.15, 0.2) is 29.3 Å². The maximum absolute atomic E-state index is 12.8. The van der Waals surface area contributed by atoms with E-state index >= 15 is 0 Å². The minimum atomic E-state index is -3.70. The van der Waals surface area contributed by atoms with E-state index < -0.39 is 10.0 Å². The van der Waals surface area contributed by atoms with Gasteiger partial charge in [0.05, 0.1) is 5.69 Å². The minimum absolute atomic E-state index is 0.0695. The number of sulfonamides is 1. The number of nitrogens with zero attached hydrogens (tertiary/aromatic N) is 2. The molecule has 1 aromatic carbocycles. The topological polar surface area (TPSA) is 78.1 Å². The summed E-state index contributed by atoms with van der Waals surface area (Å²) >= 11 is 0. The van der Waals surface area contributed by atoms with Crippen molar-refractivity contribution >= 4 is 15.7 Å². The lowest BCUT2D eigenvalue weighted by Gasteiger charge is -2.20. The highest BCUT2D eigenvalue weighted by molar-refractivity contribution is 7.92. The van der Waals surface area contributed by atoms with Crippen LogP contribution in [0, 0.1) is 13.8 Å². The average molecular weight is 308 g/mol. The highest BCUT2D eigenvalue weighted by Gasteiger charge is 2.28. The van der Waals surface area contributed by atoms with Crippen molar-refractivity contribution in [1.29, 1.82) is 0 Å². The molecule has 0 bridgehead atoms. The minimum Gasteiger partial charge on any atom is -0.316 e. The van der Waals surface area contributed by atoms with Crippen LogP contribution in [-0.4, -0.2) is 32.7 Å². The molecule has 2 N–H and O–H groups in total. The first-order valence-corrected chi connectivity index (χ1v) is 8.06. The zero-order chi connectivity index (χ0) is 15.6. The van der Waals surface area contributed by atoms with Gasteiger partial charge in [0.25, 0.3) is 10.0 Å². The Balaban J connectivity index is 2.50. The molecule has 1 heterocycles. The summed E-state index contributed by atoms with van der Waals surface area (Å²) in [5, 5.41) is 9.78. The van der Waals surface area contributed by atoms with Gasteiger partial charge in [0, 0.05) is 24.8 Å². The zero-order valence-electron chi connectivity index (χ0n) is 12.6. The van der Waals surface area contributed by atoms with E-state index in [2.05, 4.69) is 15.5 Å². The van der Waals surface area contributed by atoms with Crippen molar-refractivity contribution in [3.63, 3.8) is 0 Å². The summed E-state index contributed by atoms with van der Waals surface area (Å²) in [6, 6.07) is 7.36. The van der Waals surface area contributed by atoms with Crippen LogP contribution in [0.1, 0.15) is 16.8 Å². The second-order valence-electron chi connectivity index (χ2n) is 4.92. The third-order valence-corrected chi connectivity index (χ3v) is 5.19. The summed E-state index contributed by atoms with van der Waals surface area (Å²) in [4.78, 5) is 0. The quantitative estimate of drug-likeness (QED) is 0.879. The fraction of sp³-hybridized carbons (Fsp3) is 0.357. The van der Waals surface area contributed by atoms with Crippen LogP contribution in [0.2, 0.25) is 0 Å². The number of H-pyrrole nitrogens is 1. The van der Waals surface area contributed by atoms with Crippen LogP contribution in [0.5, 0.6) is 0 Å². The molecule has 0 radical (unpaired) electrons. The molecular weight excluding hydrogens is 288 g/mol. The van der Waals surface area contributed by atoms with Gasteiger partial charge >= 0.3 is 0 Å². The van der Waals surface area contributed by atoms with Crippen LogP contribution in [0.3, 0.4) is 0 Å². The van der Waals surface area contributed by atoms with E-state index in [4.69, 9.17) is 0 Å². The summed E-state index contributed by atoms with van der Waals surface area (Å²) in [6.45, 7) is 4.14. The summed E-state index contributed by atoms with van der Waals surface area (Å²) < 4.78 is 26.9. The highest BCUT2D eigenvalue weighted by Crippen LogP contribution is 2.26. The van der Waals surface area contributed by atoms with E-state index in [1.165, 1.54) is 4.31 Å². The van der Waals surface area contributed by atoms with Crippen LogP contribution in [0.25, 0.3) is 0 Å². The van der Waals surface area contributed by atoms with Crippen molar-refractivity contribution < 1.29 is 8.42 Å². The van der Waals surface area contributed by atoms with Crippen LogP contribution >= 0.6 is 0 Å². The van der Waals surface area contributed by atoms with E-state index in [1.807, 2.05) is 32.0 Å². The zero-order valence-corrected chi connectivity index (χ0v) is 13.5. The van der Waals surface area contributed by atoms with E-state index in [9.17, 15) is 8.42 Å². The largest absolute Gasteiger partial charge is 0.316 e. The number of hydrogen-bond acceptors (Lipinski definition) is 4. The van der Waals surface area contributed by atoms with Gasteiger partial charge in [-0.05, 0) is 32.5 Å². The molecule has 7 heteroatoms. The fourth-order valence-corrected chi connectivity index (χ4v) is 3.63. The van der Waals surface area contributed by atoms with Crippen molar-refractivity contribution in [1.82, 2.24) is 15.5 Å². The monoisotopic (exact) mass is 308 g/mol. The molecule has 6 nitrogen and oxygen atoms in total. The smallest absolute Gasteiger partial charge is 0.283 e. The number of aryl methyl sites for hydroxylation is 2. The van der Waals surface area contributed by atoms with Gasteiger partial charge < -0.3 is 5.32 Å². The molecule has 0 aliphatic carbocycles. The lowest BCUT2D eigenvalue weighted by Crippen LogP contribution is -2.28. The summed E-state index contributed by atoms with van der Waals surface area (Å²) in [5.41, 5.74) is 2.96. The van der Waals surface area contributed by atoms with Crippen molar-refractivity contribution in [2.24, 2.45) is 0 Å². The van der Waals surface area contributed by atoms with Crippen LogP contribution in [-0.2, 0) is 16.6 Å². The molecule has 0 saturated carbocycles. The summed E-state index contributed by atoms with van der Waals surface area (Å²) in [7, 11) is -0.377. The number of aromatic nitrogens is 2. The molecule has 0 aliphatic rings. The molecule has 0 fully saturated rings. The first kappa shape index (κ1) is 15.5. The van der Waals surface area contributed by atoms with E-state index in [1.54, 1.807) is 20.2 Å². The number of aromatic amines is 1. The Morgan fingerprint density at radius 3 is 2.57 bits per heavy atom. The van der Waals surface area contributed by atoms with Gasteiger partial charge in [0.15, 0.2) is 0 Å². The van der Waals surface area contributed by atoms with Crippen LogP contribution in [0.4, 0.5) is 5.69 Å². The Hall–Kier alpha value is -1.86. The molecule has 0 amide bonds.